The van der Waals surface area contributed by atoms with E-state index in [1.54, 1.807) is 21.8 Å². The number of aromatic nitrogens is 2. The molecule has 32 heavy (non-hydrogen) atoms. The number of hydrogen-bond donors (Lipinski definition) is 1. The molecule has 164 valence electrons. The van der Waals surface area contributed by atoms with Crippen LogP contribution in [0.15, 0.2) is 66.9 Å². The standard InChI is InChI=1S/C25H27N5O2/c31-24(26-23-10-11-30(27-23)18-19-6-2-1-3-7-19)25(32)29-14-12-28(13-15-29)22-16-20-8-4-5-9-21(20)17-22/h1-11,22H,12-18H2,(H,26,27,31). The summed E-state index contributed by atoms with van der Waals surface area (Å²) in [4.78, 5) is 29.3. The van der Waals surface area contributed by atoms with E-state index in [4.69, 9.17) is 0 Å². The molecule has 0 saturated carbocycles. The Labute approximate surface area is 187 Å². The highest BCUT2D eigenvalue weighted by Crippen LogP contribution is 2.26. The van der Waals surface area contributed by atoms with Gasteiger partial charge in [0.2, 0.25) is 0 Å². The van der Waals surface area contributed by atoms with Gasteiger partial charge in [0.05, 0.1) is 6.54 Å². The van der Waals surface area contributed by atoms with Crippen molar-refractivity contribution in [2.75, 3.05) is 31.5 Å². The monoisotopic (exact) mass is 429 g/mol. The minimum absolute atomic E-state index is 0.390. The molecule has 2 aliphatic rings. The number of amides is 2. The second-order valence-corrected chi connectivity index (χ2v) is 8.50. The lowest BCUT2D eigenvalue weighted by atomic mass is 10.1. The molecule has 1 aromatic heterocycles. The molecular formula is C25H27N5O2. The zero-order chi connectivity index (χ0) is 21.9. The van der Waals surface area contributed by atoms with Crippen LogP contribution in [0.5, 0.6) is 0 Å². The molecule has 7 nitrogen and oxygen atoms in total. The second-order valence-electron chi connectivity index (χ2n) is 8.50. The summed E-state index contributed by atoms with van der Waals surface area (Å²) >= 11 is 0. The van der Waals surface area contributed by atoms with E-state index in [9.17, 15) is 9.59 Å². The Balaban J connectivity index is 1.11. The highest BCUT2D eigenvalue weighted by molar-refractivity contribution is 6.39. The molecule has 1 aliphatic carbocycles. The summed E-state index contributed by atoms with van der Waals surface area (Å²) in [7, 11) is 0. The van der Waals surface area contributed by atoms with E-state index in [1.807, 2.05) is 30.3 Å². The first-order valence-corrected chi connectivity index (χ1v) is 11.1. The molecule has 1 N–H and O–H groups in total. The van der Waals surface area contributed by atoms with E-state index < -0.39 is 11.8 Å². The molecule has 0 radical (unpaired) electrons. The maximum absolute atomic E-state index is 12.7. The molecule has 1 fully saturated rings. The maximum atomic E-state index is 12.7. The summed E-state index contributed by atoms with van der Waals surface area (Å²) in [6, 6.07) is 20.8. The Bertz CT molecular complexity index is 1080. The normalized spacial score (nSPS) is 16.7. The van der Waals surface area contributed by atoms with Gasteiger partial charge in [-0.25, -0.2) is 0 Å². The molecule has 2 amide bonds. The Hall–Kier alpha value is -3.45. The maximum Gasteiger partial charge on any atom is 0.315 e. The SMILES string of the molecule is O=C(Nc1ccn(Cc2ccccc2)n1)C(=O)N1CCN(C2Cc3ccccc3C2)CC1. The van der Waals surface area contributed by atoms with Crippen LogP contribution in [0.3, 0.4) is 0 Å². The van der Waals surface area contributed by atoms with E-state index in [2.05, 4.69) is 39.6 Å². The van der Waals surface area contributed by atoms with Crippen molar-refractivity contribution in [3.05, 3.63) is 83.6 Å². The zero-order valence-electron chi connectivity index (χ0n) is 18.0. The number of carbonyl (C=O) groups is 2. The number of piperazine rings is 1. The summed E-state index contributed by atoms with van der Waals surface area (Å²) < 4.78 is 1.74. The lowest BCUT2D eigenvalue weighted by Gasteiger charge is -2.37. The van der Waals surface area contributed by atoms with Crippen molar-refractivity contribution < 1.29 is 9.59 Å². The topological polar surface area (TPSA) is 70.5 Å². The molecule has 0 unspecified atom stereocenters. The lowest BCUT2D eigenvalue weighted by Crippen LogP contribution is -2.54. The number of rotatable bonds is 4. The third kappa shape index (κ3) is 4.43. The van der Waals surface area contributed by atoms with Gasteiger partial charge in [-0.05, 0) is 29.5 Å². The molecule has 1 aliphatic heterocycles. The van der Waals surface area contributed by atoms with Gasteiger partial charge in [-0.1, -0.05) is 54.6 Å². The van der Waals surface area contributed by atoms with Crippen LogP contribution in [0.25, 0.3) is 0 Å². The van der Waals surface area contributed by atoms with Crippen LogP contribution in [0.1, 0.15) is 16.7 Å². The molecule has 2 aromatic carbocycles. The molecule has 0 bridgehead atoms. The van der Waals surface area contributed by atoms with Gasteiger partial charge in [0.25, 0.3) is 0 Å². The molecule has 0 atom stereocenters. The number of anilines is 1. The molecule has 7 heteroatoms. The first-order chi connectivity index (χ1) is 15.7. The smallest absolute Gasteiger partial charge is 0.315 e. The van der Waals surface area contributed by atoms with Crippen LogP contribution >= 0.6 is 0 Å². The minimum Gasteiger partial charge on any atom is -0.332 e. The van der Waals surface area contributed by atoms with Crippen molar-refractivity contribution in [3.63, 3.8) is 0 Å². The fourth-order valence-electron chi connectivity index (χ4n) is 4.68. The predicted octanol–water partition coefficient (Wildman–Crippen LogP) is 2.18. The first-order valence-electron chi connectivity index (χ1n) is 11.1. The summed E-state index contributed by atoms with van der Waals surface area (Å²) in [5.74, 6) is -0.727. The molecular weight excluding hydrogens is 402 g/mol. The Morgan fingerprint density at radius 2 is 1.53 bits per heavy atom. The number of nitrogens with zero attached hydrogens (tertiary/aromatic N) is 4. The van der Waals surface area contributed by atoms with E-state index in [0.717, 1.165) is 31.5 Å². The summed E-state index contributed by atoms with van der Waals surface area (Å²) in [6.45, 7) is 3.34. The molecule has 2 heterocycles. The molecule has 5 rings (SSSR count). The summed E-state index contributed by atoms with van der Waals surface area (Å²) in [5, 5.41) is 7.01. The van der Waals surface area contributed by atoms with Gasteiger partial charge in [-0.15, -0.1) is 0 Å². The fraction of sp³-hybridized carbons (Fsp3) is 0.320. The van der Waals surface area contributed by atoms with Gasteiger partial charge < -0.3 is 10.2 Å². The number of fused-ring (bicyclic) bond motifs is 1. The van der Waals surface area contributed by atoms with Crippen molar-refractivity contribution in [1.82, 2.24) is 19.6 Å². The highest BCUT2D eigenvalue weighted by atomic mass is 16.2. The predicted molar refractivity (Wildman–Crippen MR) is 122 cm³/mol. The van der Waals surface area contributed by atoms with E-state index in [1.165, 1.54) is 11.1 Å². The van der Waals surface area contributed by atoms with Crippen molar-refractivity contribution in [2.24, 2.45) is 0 Å². The van der Waals surface area contributed by atoms with Crippen molar-refractivity contribution in [2.45, 2.75) is 25.4 Å². The van der Waals surface area contributed by atoms with Gasteiger partial charge in [0.1, 0.15) is 0 Å². The summed E-state index contributed by atoms with van der Waals surface area (Å²) in [5.41, 5.74) is 3.98. The molecule has 1 saturated heterocycles. The Morgan fingerprint density at radius 1 is 0.875 bits per heavy atom. The van der Waals surface area contributed by atoms with Crippen LogP contribution in [0.4, 0.5) is 5.82 Å². The number of carbonyl (C=O) groups excluding carboxylic acids is 2. The third-order valence-electron chi connectivity index (χ3n) is 6.41. The number of hydrogen-bond acceptors (Lipinski definition) is 4. The van der Waals surface area contributed by atoms with Crippen LogP contribution in [-0.2, 0) is 29.0 Å². The van der Waals surface area contributed by atoms with Crippen LogP contribution < -0.4 is 5.32 Å². The number of nitrogens with one attached hydrogen (secondary N) is 1. The largest absolute Gasteiger partial charge is 0.332 e. The average molecular weight is 430 g/mol. The van der Waals surface area contributed by atoms with E-state index in [-0.39, 0.29) is 0 Å². The van der Waals surface area contributed by atoms with Gasteiger partial charge >= 0.3 is 11.8 Å². The Kier molecular flexibility index (Phi) is 5.73. The summed E-state index contributed by atoms with van der Waals surface area (Å²) in [6.07, 6.45) is 3.93. The van der Waals surface area contributed by atoms with Gasteiger partial charge in [-0.3, -0.25) is 19.2 Å². The van der Waals surface area contributed by atoms with Crippen LogP contribution in [0, 0.1) is 0 Å². The quantitative estimate of drug-likeness (QED) is 0.646. The highest BCUT2D eigenvalue weighted by Gasteiger charge is 2.32. The van der Waals surface area contributed by atoms with Gasteiger partial charge in [0.15, 0.2) is 5.82 Å². The van der Waals surface area contributed by atoms with Crippen LogP contribution in [0.2, 0.25) is 0 Å². The van der Waals surface area contributed by atoms with Crippen molar-refractivity contribution in [3.8, 4) is 0 Å². The van der Waals surface area contributed by atoms with Crippen LogP contribution in [-0.4, -0.2) is 63.6 Å². The lowest BCUT2D eigenvalue weighted by molar-refractivity contribution is -0.144. The second kappa shape index (κ2) is 8.96. The first kappa shape index (κ1) is 20.5. The van der Waals surface area contributed by atoms with Crippen molar-refractivity contribution >= 4 is 17.6 Å². The van der Waals surface area contributed by atoms with Crippen molar-refractivity contribution in [1.29, 1.82) is 0 Å². The van der Waals surface area contributed by atoms with Gasteiger partial charge in [0, 0.05) is 44.5 Å². The van der Waals surface area contributed by atoms with E-state index >= 15 is 0 Å². The Morgan fingerprint density at radius 3 is 2.22 bits per heavy atom. The van der Waals surface area contributed by atoms with Gasteiger partial charge in [-0.2, -0.15) is 5.10 Å². The third-order valence-corrected chi connectivity index (χ3v) is 6.41. The zero-order valence-corrected chi connectivity index (χ0v) is 18.0. The molecule has 0 spiro atoms. The minimum atomic E-state index is -0.628. The number of benzene rings is 2. The fourth-order valence-corrected chi connectivity index (χ4v) is 4.68. The average Bonchev–Trinajstić information content (AvgIpc) is 3.46. The van der Waals surface area contributed by atoms with E-state index in [0.29, 0.717) is 31.5 Å². The molecule has 3 aromatic rings.